The molecule has 0 bridgehead atoms. The first-order valence-electron chi connectivity index (χ1n) is 4.71. The largest absolute Gasteiger partial charge is 0.316 e. The minimum atomic E-state index is -0.258. The molecular formula is C11H11FN2. The lowest BCUT2D eigenvalue weighted by atomic mass is 9.94. The highest BCUT2D eigenvalue weighted by molar-refractivity contribution is 5.40. The van der Waals surface area contributed by atoms with Gasteiger partial charge < -0.3 is 5.32 Å². The summed E-state index contributed by atoms with van der Waals surface area (Å²) in [4.78, 5) is 0. The number of nitrogens with one attached hydrogen (secondary N) is 1. The Kier molecular flexibility index (Phi) is 2.47. The predicted octanol–water partition coefficient (Wildman–Crippen LogP) is 1.77. The summed E-state index contributed by atoms with van der Waals surface area (Å²) in [7, 11) is 0. The molecule has 1 aliphatic rings. The maximum Gasteiger partial charge on any atom is 0.123 e. The Morgan fingerprint density at radius 3 is 3.00 bits per heavy atom. The third kappa shape index (κ3) is 1.61. The lowest BCUT2D eigenvalue weighted by molar-refractivity contribution is 0.620. The quantitative estimate of drug-likeness (QED) is 0.732. The van der Waals surface area contributed by atoms with Gasteiger partial charge >= 0.3 is 0 Å². The molecule has 1 aromatic carbocycles. The van der Waals surface area contributed by atoms with E-state index in [1.54, 1.807) is 6.07 Å². The van der Waals surface area contributed by atoms with Crippen LogP contribution in [0.5, 0.6) is 0 Å². The fourth-order valence-electron chi connectivity index (χ4n) is 1.89. The molecule has 1 fully saturated rings. The van der Waals surface area contributed by atoms with Gasteiger partial charge in [-0.2, -0.15) is 5.26 Å². The zero-order valence-electron chi connectivity index (χ0n) is 7.76. The van der Waals surface area contributed by atoms with E-state index in [0.29, 0.717) is 11.5 Å². The number of hydrogen-bond donors (Lipinski definition) is 1. The minimum Gasteiger partial charge on any atom is -0.316 e. The first-order chi connectivity index (χ1) is 6.81. The van der Waals surface area contributed by atoms with Crippen LogP contribution in [0.3, 0.4) is 0 Å². The third-order valence-electron chi connectivity index (χ3n) is 2.63. The predicted molar refractivity (Wildman–Crippen MR) is 51.3 cm³/mol. The van der Waals surface area contributed by atoms with Crippen LogP contribution in [-0.4, -0.2) is 13.1 Å². The first-order valence-corrected chi connectivity index (χ1v) is 4.71. The van der Waals surface area contributed by atoms with Crippen molar-refractivity contribution in [3.8, 4) is 6.07 Å². The van der Waals surface area contributed by atoms with Gasteiger partial charge in [0.15, 0.2) is 0 Å². The van der Waals surface area contributed by atoms with Gasteiger partial charge in [0.1, 0.15) is 5.82 Å². The monoisotopic (exact) mass is 190 g/mol. The molecule has 1 N–H and O–H groups in total. The molecule has 0 spiro atoms. The molecule has 0 aliphatic carbocycles. The maximum atomic E-state index is 13.0. The van der Waals surface area contributed by atoms with Crippen molar-refractivity contribution in [1.82, 2.24) is 5.32 Å². The highest BCUT2D eigenvalue weighted by atomic mass is 19.1. The lowest BCUT2D eigenvalue weighted by Crippen LogP contribution is -2.09. The molecule has 2 nitrogen and oxygen atoms in total. The molecule has 1 aliphatic heterocycles. The summed E-state index contributed by atoms with van der Waals surface area (Å²) in [5.41, 5.74) is 1.44. The summed E-state index contributed by atoms with van der Waals surface area (Å²) in [5, 5.41) is 12.1. The average Bonchev–Trinajstić information content (AvgIpc) is 2.70. The summed E-state index contributed by atoms with van der Waals surface area (Å²) < 4.78 is 13.0. The van der Waals surface area contributed by atoms with Crippen molar-refractivity contribution in [2.75, 3.05) is 13.1 Å². The molecule has 1 aromatic rings. The molecule has 14 heavy (non-hydrogen) atoms. The zero-order chi connectivity index (χ0) is 9.97. The molecule has 0 saturated carbocycles. The van der Waals surface area contributed by atoms with Gasteiger partial charge in [-0.05, 0) is 42.6 Å². The van der Waals surface area contributed by atoms with E-state index in [0.717, 1.165) is 25.1 Å². The van der Waals surface area contributed by atoms with Crippen LogP contribution >= 0.6 is 0 Å². The molecule has 0 aromatic heterocycles. The van der Waals surface area contributed by atoms with Gasteiger partial charge in [-0.25, -0.2) is 4.39 Å². The highest BCUT2D eigenvalue weighted by Gasteiger charge is 2.19. The smallest absolute Gasteiger partial charge is 0.123 e. The Morgan fingerprint density at radius 1 is 1.50 bits per heavy atom. The van der Waals surface area contributed by atoms with Crippen molar-refractivity contribution in [3.05, 3.63) is 35.1 Å². The van der Waals surface area contributed by atoms with Gasteiger partial charge in [-0.15, -0.1) is 0 Å². The number of hydrogen-bond acceptors (Lipinski definition) is 2. The van der Waals surface area contributed by atoms with Crippen molar-refractivity contribution in [2.45, 2.75) is 12.3 Å². The molecular weight excluding hydrogens is 179 g/mol. The van der Waals surface area contributed by atoms with Gasteiger partial charge in [0.2, 0.25) is 0 Å². The first kappa shape index (κ1) is 9.17. The van der Waals surface area contributed by atoms with E-state index in [9.17, 15) is 4.39 Å². The Balaban J connectivity index is 2.39. The van der Waals surface area contributed by atoms with E-state index < -0.39 is 0 Å². The molecule has 1 saturated heterocycles. The van der Waals surface area contributed by atoms with Crippen LogP contribution in [0.2, 0.25) is 0 Å². The number of benzene rings is 1. The highest BCUT2D eigenvalue weighted by Crippen LogP contribution is 2.25. The minimum absolute atomic E-state index is 0.258. The summed E-state index contributed by atoms with van der Waals surface area (Å²) in [6, 6.07) is 6.48. The van der Waals surface area contributed by atoms with Gasteiger partial charge in [0.05, 0.1) is 11.6 Å². The van der Waals surface area contributed by atoms with Gasteiger partial charge in [-0.1, -0.05) is 0 Å². The second-order valence-electron chi connectivity index (χ2n) is 3.53. The molecule has 1 atom stereocenters. The zero-order valence-corrected chi connectivity index (χ0v) is 7.76. The molecule has 0 unspecified atom stereocenters. The van der Waals surface area contributed by atoms with Gasteiger partial charge in [0.25, 0.3) is 0 Å². The molecule has 3 heteroatoms. The van der Waals surface area contributed by atoms with E-state index in [-0.39, 0.29) is 5.82 Å². The van der Waals surface area contributed by atoms with E-state index in [4.69, 9.17) is 5.26 Å². The number of nitrogens with zero attached hydrogens (tertiary/aromatic N) is 1. The van der Waals surface area contributed by atoms with Crippen LogP contribution in [0.25, 0.3) is 0 Å². The summed E-state index contributed by atoms with van der Waals surface area (Å²) >= 11 is 0. The van der Waals surface area contributed by atoms with Gasteiger partial charge in [-0.3, -0.25) is 0 Å². The number of nitriles is 1. The van der Waals surface area contributed by atoms with E-state index in [1.807, 2.05) is 0 Å². The van der Waals surface area contributed by atoms with Crippen LogP contribution in [0.1, 0.15) is 23.5 Å². The molecule has 1 heterocycles. The Labute approximate surface area is 82.4 Å². The molecule has 0 amide bonds. The van der Waals surface area contributed by atoms with E-state index >= 15 is 0 Å². The lowest BCUT2D eigenvalue weighted by Gasteiger charge is -2.10. The maximum absolute atomic E-state index is 13.0. The van der Waals surface area contributed by atoms with Crippen LogP contribution in [0.15, 0.2) is 18.2 Å². The Bertz CT molecular complexity index is 375. The SMILES string of the molecule is N#Cc1ccc(F)cc1[C@@H]1CCNC1. The topological polar surface area (TPSA) is 35.8 Å². The summed E-state index contributed by atoms with van der Waals surface area (Å²) in [5.74, 6) is 0.0336. The van der Waals surface area contributed by atoms with Crippen molar-refractivity contribution >= 4 is 0 Å². The fourth-order valence-corrected chi connectivity index (χ4v) is 1.89. The van der Waals surface area contributed by atoms with Crippen LogP contribution in [-0.2, 0) is 0 Å². The molecule has 2 rings (SSSR count). The van der Waals surface area contributed by atoms with Crippen LogP contribution in [0.4, 0.5) is 4.39 Å². The summed E-state index contributed by atoms with van der Waals surface area (Å²) in [6.07, 6.45) is 0.984. The Hall–Kier alpha value is -1.40. The summed E-state index contributed by atoms with van der Waals surface area (Å²) in [6.45, 7) is 1.80. The normalized spacial score (nSPS) is 20.7. The van der Waals surface area contributed by atoms with E-state index in [2.05, 4.69) is 11.4 Å². The Morgan fingerprint density at radius 2 is 2.36 bits per heavy atom. The standard InChI is InChI=1S/C11H11FN2/c12-10-2-1-8(6-13)11(5-10)9-3-4-14-7-9/h1-2,5,9,14H,3-4,7H2/t9-/m1/s1. The third-order valence-corrected chi connectivity index (χ3v) is 2.63. The second kappa shape index (κ2) is 3.77. The van der Waals surface area contributed by atoms with Crippen LogP contribution < -0.4 is 5.32 Å². The van der Waals surface area contributed by atoms with Crippen molar-refractivity contribution in [1.29, 1.82) is 5.26 Å². The fraction of sp³-hybridized carbons (Fsp3) is 0.364. The molecule has 0 radical (unpaired) electrons. The number of rotatable bonds is 1. The van der Waals surface area contributed by atoms with Crippen LogP contribution in [0, 0.1) is 17.1 Å². The van der Waals surface area contributed by atoms with Crippen molar-refractivity contribution < 1.29 is 4.39 Å². The van der Waals surface area contributed by atoms with Gasteiger partial charge in [0, 0.05) is 6.54 Å². The number of halogens is 1. The van der Waals surface area contributed by atoms with Crippen molar-refractivity contribution in [2.24, 2.45) is 0 Å². The molecule has 72 valence electrons. The van der Waals surface area contributed by atoms with E-state index in [1.165, 1.54) is 12.1 Å². The second-order valence-corrected chi connectivity index (χ2v) is 3.53. The van der Waals surface area contributed by atoms with Crippen molar-refractivity contribution in [3.63, 3.8) is 0 Å². The average molecular weight is 190 g/mol.